The van der Waals surface area contributed by atoms with Crippen molar-refractivity contribution in [2.45, 2.75) is 13.0 Å². The molecule has 0 aliphatic carbocycles. The SMILES string of the molecule is O=C(CCN1C(=O)c2ccc(C(=O)O)cc2C1=O)OCc1ccccc1. The Balaban J connectivity index is 1.60. The summed E-state index contributed by atoms with van der Waals surface area (Å²) < 4.78 is 5.12. The van der Waals surface area contributed by atoms with Crippen LogP contribution in [0, 0.1) is 0 Å². The van der Waals surface area contributed by atoms with E-state index in [4.69, 9.17) is 9.84 Å². The summed E-state index contributed by atoms with van der Waals surface area (Å²) >= 11 is 0. The Labute approximate surface area is 148 Å². The van der Waals surface area contributed by atoms with Crippen LogP contribution in [0.1, 0.15) is 43.1 Å². The monoisotopic (exact) mass is 353 g/mol. The van der Waals surface area contributed by atoms with Crippen molar-refractivity contribution in [1.29, 1.82) is 0 Å². The van der Waals surface area contributed by atoms with Crippen molar-refractivity contribution in [1.82, 2.24) is 4.90 Å². The first-order valence-electron chi connectivity index (χ1n) is 7.90. The number of rotatable bonds is 6. The van der Waals surface area contributed by atoms with Crippen LogP contribution in [-0.4, -0.2) is 40.3 Å². The van der Waals surface area contributed by atoms with Crippen LogP contribution in [0.2, 0.25) is 0 Å². The second-order valence-corrected chi connectivity index (χ2v) is 5.72. The number of carbonyl (C=O) groups excluding carboxylic acids is 3. The number of aromatic carboxylic acids is 1. The van der Waals surface area contributed by atoms with Crippen LogP contribution in [-0.2, 0) is 16.1 Å². The number of nitrogens with zero attached hydrogens (tertiary/aromatic N) is 1. The summed E-state index contributed by atoms with van der Waals surface area (Å²) in [6, 6.07) is 12.9. The van der Waals surface area contributed by atoms with Gasteiger partial charge in [0.25, 0.3) is 11.8 Å². The third-order valence-electron chi connectivity index (χ3n) is 4.00. The summed E-state index contributed by atoms with van der Waals surface area (Å²) in [5.41, 5.74) is 0.932. The Morgan fingerprint density at radius 2 is 1.65 bits per heavy atom. The quantitative estimate of drug-likeness (QED) is 0.630. The van der Waals surface area contributed by atoms with Crippen molar-refractivity contribution < 1.29 is 29.0 Å². The maximum Gasteiger partial charge on any atom is 0.335 e. The number of imide groups is 1. The molecule has 1 N–H and O–H groups in total. The highest BCUT2D eigenvalue weighted by molar-refractivity contribution is 6.22. The van der Waals surface area contributed by atoms with Gasteiger partial charge in [-0.05, 0) is 23.8 Å². The summed E-state index contributed by atoms with van der Waals surface area (Å²) in [5.74, 6) is -2.87. The largest absolute Gasteiger partial charge is 0.478 e. The molecule has 0 fully saturated rings. The number of carboxylic acid groups (broad SMARTS) is 1. The molecule has 7 heteroatoms. The molecule has 0 radical (unpaired) electrons. The molecule has 2 aromatic rings. The molecule has 1 aliphatic heterocycles. The first-order valence-corrected chi connectivity index (χ1v) is 7.90. The van der Waals surface area contributed by atoms with E-state index in [2.05, 4.69) is 0 Å². The van der Waals surface area contributed by atoms with E-state index in [1.54, 1.807) is 0 Å². The zero-order valence-electron chi connectivity index (χ0n) is 13.7. The average Bonchev–Trinajstić information content (AvgIpc) is 2.89. The number of hydrogen-bond donors (Lipinski definition) is 1. The van der Waals surface area contributed by atoms with Crippen LogP contribution in [0.5, 0.6) is 0 Å². The summed E-state index contributed by atoms with van der Waals surface area (Å²) in [5, 5.41) is 8.99. The highest BCUT2D eigenvalue weighted by Gasteiger charge is 2.36. The average molecular weight is 353 g/mol. The third kappa shape index (κ3) is 3.46. The Kier molecular flexibility index (Phi) is 4.79. The molecule has 1 aliphatic rings. The molecule has 0 spiro atoms. The number of ether oxygens (including phenoxy) is 1. The predicted octanol–water partition coefficient (Wildman–Crippen LogP) is 2.11. The van der Waals surface area contributed by atoms with Gasteiger partial charge in [0.2, 0.25) is 0 Å². The molecule has 2 amide bonds. The van der Waals surface area contributed by atoms with Crippen molar-refractivity contribution >= 4 is 23.8 Å². The zero-order valence-corrected chi connectivity index (χ0v) is 13.7. The predicted molar refractivity (Wildman–Crippen MR) is 89.6 cm³/mol. The molecule has 132 valence electrons. The number of esters is 1. The van der Waals surface area contributed by atoms with E-state index >= 15 is 0 Å². The summed E-state index contributed by atoms with van der Waals surface area (Å²) in [6.45, 7) is -0.00780. The van der Waals surface area contributed by atoms with Gasteiger partial charge in [0.1, 0.15) is 6.61 Å². The molecule has 1 heterocycles. The van der Waals surface area contributed by atoms with Gasteiger partial charge < -0.3 is 9.84 Å². The van der Waals surface area contributed by atoms with Gasteiger partial charge in [0, 0.05) is 6.54 Å². The van der Waals surface area contributed by atoms with Crippen LogP contribution in [0.15, 0.2) is 48.5 Å². The highest BCUT2D eigenvalue weighted by atomic mass is 16.5. The van der Waals surface area contributed by atoms with Gasteiger partial charge in [-0.2, -0.15) is 0 Å². The maximum absolute atomic E-state index is 12.3. The summed E-state index contributed by atoms with van der Waals surface area (Å²) in [7, 11) is 0. The van der Waals surface area contributed by atoms with Crippen LogP contribution < -0.4 is 0 Å². The Hall–Kier alpha value is -3.48. The van der Waals surface area contributed by atoms with Crippen LogP contribution in [0.25, 0.3) is 0 Å². The third-order valence-corrected chi connectivity index (χ3v) is 4.00. The van der Waals surface area contributed by atoms with E-state index in [0.717, 1.165) is 10.5 Å². The fraction of sp³-hybridized carbons (Fsp3) is 0.158. The molecule has 26 heavy (non-hydrogen) atoms. The van der Waals surface area contributed by atoms with Gasteiger partial charge in [-0.1, -0.05) is 30.3 Å². The number of carbonyl (C=O) groups is 4. The molecule has 0 atom stereocenters. The van der Waals surface area contributed by atoms with E-state index < -0.39 is 23.8 Å². The van der Waals surface area contributed by atoms with Crippen LogP contribution >= 0.6 is 0 Å². The molecule has 3 rings (SSSR count). The lowest BCUT2D eigenvalue weighted by Crippen LogP contribution is -2.32. The van der Waals surface area contributed by atoms with E-state index in [-0.39, 0.29) is 36.3 Å². The number of hydrogen-bond acceptors (Lipinski definition) is 5. The Morgan fingerprint density at radius 3 is 2.35 bits per heavy atom. The van der Waals surface area contributed by atoms with Crippen molar-refractivity contribution in [2.24, 2.45) is 0 Å². The smallest absolute Gasteiger partial charge is 0.335 e. The lowest BCUT2D eigenvalue weighted by Gasteiger charge is -2.13. The summed E-state index contributed by atoms with van der Waals surface area (Å²) in [4.78, 5) is 48.4. The van der Waals surface area contributed by atoms with Crippen molar-refractivity contribution in [3.8, 4) is 0 Å². The number of carboxylic acids is 1. The minimum atomic E-state index is -1.18. The number of fused-ring (bicyclic) bond motifs is 1. The Bertz CT molecular complexity index is 890. The first-order chi connectivity index (χ1) is 12.5. The van der Waals surface area contributed by atoms with Crippen LogP contribution in [0.3, 0.4) is 0 Å². The molecule has 0 unspecified atom stereocenters. The van der Waals surface area contributed by atoms with E-state index in [9.17, 15) is 19.2 Å². The van der Waals surface area contributed by atoms with E-state index in [1.165, 1.54) is 18.2 Å². The maximum atomic E-state index is 12.3. The van der Waals surface area contributed by atoms with Crippen LogP contribution in [0.4, 0.5) is 0 Å². The number of benzene rings is 2. The standard InChI is InChI=1S/C19H15NO6/c21-16(26-11-12-4-2-1-3-5-12)8-9-20-17(22)14-7-6-13(19(24)25)10-15(14)18(20)23/h1-7,10H,8-9,11H2,(H,24,25). The van der Waals surface area contributed by atoms with E-state index in [0.29, 0.717) is 0 Å². The van der Waals surface area contributed by atoms with Crippen molar-refractivity contribution in [2.75, 3.05) is 6.54 Å². The van der Waals surface area contributed by atoms with Gasteiger partial charge in [-0.3, -0.25) is 19.3 Å². The molecule has 0 saturated carbocycles. The molecular formula is C19H15NO6. The van der Waals surface area contributed by atoms with Crippen molar-refractivity contribution in [3.05, 3.63) is 70.8 Å². The minimum Gasteiger partial charge on any atom is -0.478 e. The normalized spacial score (nSPS) is 12.8. The van der Waals surface area contributed by atoms with E-state index in [1.807, 2.05) is 30.3 Å². The second-order valence-electron chi connectivity index (χ2n) is 5.72. The molecular weight excluding hydrogens is 338 g/mol. The molecule has 2 aromatic carbocycles. The highest BCUT2D eigenvalue weighted by Crippen LogP contribution is 2.24. The van der Waals surface area contributed by atoms with Crippen molar-refractivity contribution in [3.63, 3.8) is 0 Å². The first kappa shape index (κ1) is 17.3. The topological polar surface area (TPSA) is 101 Å². The molecule has 7 nitrogen and oxygen atoms in total. The van der Waals surface area contributed by atoms with Gasteiger partial charge >= 0.3 is 11.9 Å². The summed E-state index contributed by atoms with van der Waals surface area (Å²) in [6.07, 6.45) is -0.135. The minimum absolute atomic E-state index is 0.0348. The van der Waals surface area contributed by atoms with Gasteiger partial charge in [-0.15, -0.1) is 0 Å². The molecule has 0 saturated heterocycles. The Morgan fingerprint density at radius 1 is 0.962 bits per heavy atom. The van der Waals surface area contributed by atoms with Gasteiger partial charge in [0.05, 0.1) is 23.1 Å². The number of amides is 2. The zero-order chi connectivity index (χ0) is 18.7. The van der Waals surface area contributed by atoms with Gasteiger partial charge in [-0.25, -0.2) is 4.79 Å². The fourth-order valence-corrected chi connectivity index (χ4v) is 2.64. The molecule has 0 aromatic heterocycles. The van der Waals surface area contributed by atoms with Gasteiger partial charge in [0.15, 0.2) is 0 Å². The lowest BCUT2D eigenvalue weighted by atomic mass is 10.1. The molecule has 0 bridgehead atoms. The lowest BCUT2D eigenvalue weighted by molar-refractivity contribution is -0.145. The second kappa shape index (κ2) is 7.18. The fourth-order valence-electron chi connectivity index (χ4n) is 2.64.